The van der Waals surface area contributed by atoms with E-state index in [0.717, 1.165) is 30.5 Å². The van der Waals surface area contributed by atoms with Gasteiger partial charge in [0.1, 0.15) is 0 Å². The van der Waals surface area contributed by atoms with Crippen molar-refractivity contribution in [3.8, 4) is 0 Å². The lowest BCUT2D eigenvalue weighted by Crippen LogP contribution is -2.33. The van der Waals surface area contributed by atoms with Crippen LogP contribution in [0.3, 0.4) is 0 Å². The highest BCUT2D eigenvalue weighted by atomic mass is 16.4. The summed E-state index contributed by atoms with van der Waals surface area (Å²) in [6.45, 7) is 2.50. The lowest BCUT2D eigenvalue weighted by Gasteiger charge is -2.22. The molecule has 1 aromatic heterocycles. The zero-order valence-electron chi connectivity index (χ0n) is 14.0. The Morgan fingerprint density at radius 3 is 2.52 bits per heavy atom. The molecule has 1 atom stereocenters. The third-order valence-corrected chi connectivity index (χ3v) is 4.59. The first kappa shape index (κ1) is 17.0. The van der Waals surface area contributed by atoms with E-state index in [2.05, 4.69) is 5.32 Å². The van der Waals surface area contributed by atoms with Crippen LogP contribution in [0.15, 0.2) is 41.2 Å². The minimum absolute atomic E-state index is 0.0662. The van der Waals surface area contributed by atoms with Crippen LogP contribution in [0.1, 0.15) is 57.8 Å². The van der Waals surface area contributed by atoms with Crippen LogP contribution < -0.4 is 10.9 Å². The van der Waals surface area contributed by atoms with E-state index >= 15 is 0 Å². The van der Waals surface area contributed by atoms with E-state index in [1.807, 2.05) is 6.92 Å². The van der Waals surface area contributed by atoms with Crippen molar-refractivity contribution in [2.24, 2.45) is 0 Å². The van der Waals surface area contributed by atoms with Crippen molar-refractivity contribution < 1.29 is 14.7 Å². The third-order valence-electron chi connectivity index (χ3n) is 4.59. The van der Waals surface area contributed by atoms with E-state index in [0.29, 0.717) is 12.1 Å². The van der Waals surface area contributed by atoms with Gasteiger partial charge < -0.3 is 15.0 Å². The number of carboxylic acid groups (broad SMARTS) is 1. The second-order valence-electron chi connectivity index (χ2n) is 6.26. The smallest absolute Gasteiger partial charge is 0.335 e. The molecule has 1 aliphatic rings. The first-order valence-corrected chi connectivity index (χ1v) is 8.34. The van der Waals surface area contributed by atoms with Gasteiger partial charge in [-0.25, -0.2) is 4.79 Å². The number of nitrogens with one attached hydrogen (secondary N) is 1. The van der Waals surface area contributed by atoms with E-state index in [-0.39, 0.29) is 23.1 Å². The number of aromatic carboxylic acids is 1. The van der Waals surface area contributed by atoms with Gasteiger partial charge in [0, 0.05) is 18.3 Å². The Labute approximate surface area is 145 Å². The predicted molar refractivity (Wildman–Crippen MR) is 92.9 cm³/mol. The number of aromatic nitrogens is 1. The topological polar surface area (TPSA) is 88.4 Å². The maximum absolute atomic E-state index is 12.7. The Morgan fingerprint density at radius 1 is 1.12 bits per heavy atom. The molecule has 1 aliphatic heterocycles. The highest BCUT2D eigenvalue weighted by molar-refractivity contribution is 5.95. The van der Waals surface area contributed by atoms with Crippen molar-refractivity contribution in [1.82, 2.24) is 9.88 Å². The van der Waals surface area contributed by atoms with E-state index < -0.39 is 5.97 Å². The summed E-state index contributed by atoms with van der Waals surface area (Å²) in [5.74, 6) is -1.20. The summed E-state index contributed by atoms with van der Waals surface area (Å²) in [5.41, 5.74) is 2.29. The number of rotatable bonds is 4. The number of hydrogen-bond donors (Lipinski definition) is 2. The molecule has 25 heavy (non-hydrogen) atoms. The summed E-state index contributed by atoms with van der Waals surface area (Å²) in [7, 11) is 0. The van der Waals surface area contributed by atoms with Crippen LogP contribution in [0.2, 0.25) is 0 Å². The van der Waals surface area contributed by atoms with Crippen LogP contribution in [-0.2, 0) is 13.0 Å². The van der Waals surface area contributed by atoms with Gasteiger partial charge in [0.25, 0.3) is 11.5 Å². The molecule has 1 amide bonds. The van der Waals surface area contributed by atoms with Crippen LogP contribution in [-0.4, -0.2) is 21.6 Å². The van der Waals surface area contributed by atoms with Gasteiger partial charge >= 0.3 is 5.97 Å². The fourth-order valence-corrected chi connectivity index (χ4v) is 3.18. The van der Waals surface area contributed by atoms with Gasteiger partial charge in [0.15, 0.2) is 0 Å². The quantitative estimate of drug-likeness (QED) is 0.894. The number of carbonyl (C=O) groups excluding carboxylic acids is 1. The molecule has 1 aromatic carbocycles. The van der Waals surface area contributed by atoms with Gasteiger partial charge in [0.2, 0.25) is 0 Å². The monoisotopic (exact) mass is 340 g/mol. The Bertz CT molecular complexity index is 868. The molecule has 0 radical (unpaired) electrons. The summed E-state index contributed by atoms with van der Waals surface area (Å²) in [6.07, 6.45) is 2.64. The van der Waals surface area contributed by atoms with Crippen molar-refractivity contribution in [2.45, 2.75) is 38.8 Å². The van der Waals surface area contributed by atoms with E-state index in [9.17, 15) is 14.4 Å². The number of carboxylic acids is 1. The normalized spacial score (nSPS) is 14.4. The average Bonchev–Trinajstić information content (AvgIpc) is 2.62. The number of benzene rings is 1. The minimum Gasteiger partial charge on any atom is -0.478 e. The highest BCUT2D eigenvalue weighted by Crippen LogP contribution is 2.19. The third kappa shape index (κ3) is 3.47. The molecule has 0 spiro atoms. The maximum atomic E-state index is 12.7. The van der Waals surface area contributed by atoms with Crippen LogP contribution in [0.25, 0.3) is 0 Å². The molecule has 0 aliphatic carbocycles. The molecule has 3 rings (SSSR count). The SMILES string of the molecule is C[C@@H](NC(=O)c1ccc(=O)n2c1CCCC2)c1ccc(C(=O)O)cc1. The number of nitrogens with zero attached hydrogens (tertiary/aromatic N) is 1. The Morgan fingerprint density at radius 2 is 1.84 bits per heavy atom. The fraction of sp³-hybridized carbons (Fsp3) is 0.316. The summed E-state index contributed by atoms with van der Waals surface area (Å²) in [5, 5.41) is 11.9. The molecule has 0 fully saturated rings. The molecule has 2 aromatic rings. The zero-order valence-corrected chi connectivity index (χ0v) is 14.0. The van der Waals surface area contributed by atoms with Crippen molar-refractivity contribution in [2.75, 3.05) is 0 Å². The Balaban J connectivity index is 1.80. The van der Waals surface area contributed by atoms with Crippen LogP contribution in [0.5, 0.6) is 0 Å². The van der Waals surface area contributed by atoms with Crippen molar-refractivity contribution in [1.29, 1.82) is 0 Å². The molecule has 0 bridgehead atoms. The standard InChI is InChI=1S/C19H20N2O4/c1-12(13-5-7-14(8-6-13)19(24)25)20-18(23)15-9-10-17(22)21-11-3-2-4-16(15)21/h5-10,12H,2-4,11H2,1H3,(H,20,23)(H,24,25)/t12-/m1/s1. The molecule has 0 saturated heterocycles. The van der Waals surface area contributed by atoms with Crippen molar-refractivity contribution >= 4 is 11.9 Å². The fourth-order valence-electron chi connectivity index (χ4n) is 3.18. The summed E-state index contributed by atoms with van der Waals surface area (Å²) in [6, 6.07) is 9.18. The van der Waals surface area contributed by atoms with E-state index in [1.54, 1.807) is 22.8 Å². The molecule has 6 heteroatoms. The van der Waals surface area contributed by atoms with E-state index in [4.69, 9.17) is 5.11 Å². The molecular weight excluding hydrogens is 320 g/mol. The van der Waals surface area contributed by atoms with Gasteiger partial charge in [0.05, 0.1) is 17.2 Å². The number of pyridine rings is 1. The second-order valence-corrected chi connectivity index (χ2v) is 6.26. The van der Waals surface area contributed by atoms with Gasteiger partial charge in [-0.1, -0.05) is 12.1 Å². The molecule has 2 N–H and O–H groups in total. The first-order valence-electron chi connectivity index (χ1n) is 8.34. The second kappa shape index (κ2) is 6.93. The van der Waals surface area contributed by atoms with Crippen LogP contribution >= 0.6 is 0 Å². The van der Waals surface area contributed by atoms with Gasteiger partial charge in [-0.3, -0.25) is 9.59 Å². The highest BCUT2D eigenvalue weighted by Gasteiger charge is 2.20. The summed E-state index contributed by atoms with van der Waals surface area (Å²) < 4.78 is 1.69. The van der Waals surface area contributed by atoms with E-state index in [1.165, 1.54) is 18.2 Å². The molecule has 6 nitrogen and oxygen atoms in total. The molecule has 0 unspecified atom stereocenters. The van der Waals surface area contributed by atoms with Gasteiger partial charge in [-0.05, 0) is 49.9 Å². The van der Waals surface area contributed by atoms with Crippen molar-refractivity contribution in [3.05, 3.63) is 69.1 Å². The summed E-state index contributed by atoms with van der Waals surface area (Å²) >= 11 is 0. The minimum atomic E-state index is -0.982. The van der Waals surface area contributed by atoms with Crippen LogP contribution in [0, 0.1) is 0 Å². The molecular formula is C19H20N2O4. The lowest BCUT2D eigenvalue weighted by molar-refractivity contribution is 0.0696. The number of hydrogen-bond acceptors (Lipinski definition) is 3. The Hall–Kier alpha value is -2.89. The Kier molecular flexibility index (Phi) is 4.70. The van der Waals surface area contributed by atoms with Crippen molar-refractivity contribution in [3.63, 3.8) is 0 Å². The predicted octanol–water partition coefficient (Wildman–Crippen LogP) is 2.37. The zero-order chi connectivity index (χ0) is 18.0. The average molecular weight is 340 g/mol. The van der Waals surface area contributed by atoms with Gasteiger partial charge in [-0.15, -0.1) is 0 Å². The largest absolute Gasteiger partial charge is 0.478 e. The number of amides is 1. The van der Waals surface area contributed by atoms with Crippen LogP contribution in [0.4, 0.5) is 0 Å². The van der Waals surface area contributed by atoms with Gasteiger partial charge in [-0.2, -0.15) is 0 Å². The lowest BCUT2D eigenvalue weighted by atomic mass is 10.0. The first-order chi connectivity index (χ1) is 12.0. The molecule has 130 valence electrons. The number of carbonyl (C=O) groups is 2. The maximum Gasteiger partial charge on any atom is 0.335 e. The molecule has 0 saturated carbocycles. The number of fused-ring (bicyclic) bond motifs is 1. The summed E-state index contributed by atoms with van der Waals surface area (Å²) in [4.78, 5) is 35.5. The molecule has 2 heterocycles.